The summed E-state index contributed by atoms with van der Waals surface area (Å²) in [7, 11) is 0. The molecule has 1 aliphatic heterocycles. The van der Waals surface area contributed by atoms with Crippen LogP contribution in [0.4, 0.5) is 11.4 Å². The van der Waals surface area contributed by atoms with Crippen LogP contribution < -0.4 is 10.6 Å². The van der Waals surface area contributed by atoms with E-state index in [9.17, 15) is 15.0 Å². The van der Waals surface area contributed by atoms with Gasteiger partial charge in [-0.25, -0.2) is 0 Å². The van der Waals surface area contributed by atoms with Gasteiger partial charge in [-0.3, -0.25) is 9.69 Å². The van der Waals surface area contributed by atoms with E-state index < -0.39 is 6.10 Å². The lowest BCUT2D eigenvalue weighted by atomic mass is 9.97. The number of aryl methyl sites for hydroxylation is 1. The third-order valence-electron chi connectivity index (χ3n) is 7.12. The summed E-state index contributed by atoms with van der Waals surface area (Å²) in [5.74, 6) is -0.299. The molecule has 176 valence electrons. The normalized spacial score (nSPS) is 17.9. The molecule has 1 aliphatic carbocycles. The lowest BCUT2D eigenvalue weighted by Gasteiger charge is -2.40. The van der Waals surface area contributed by atoms with Crippen molar-refractivity contribution >= 4 is 17.3 Å². The number of hydrogen-bond donors (Lipinski definition) is 3. The van der Waals surface area contributed by atoms with E-state index in [2.05, 4.69) is 40.1 Å². The second-order valence-electron chi connectivity index (χ2n) is 9.40. The molecule has 0 saturated carbocycles. The van der Waals surface area contributed by atoms with E-state index >= 15 is 0 Å². The molecular weight excluding hydrogens is 426 g/mol. The molecule has 1 fully saturated rings. The van der Waals surface area contributed by atoms with Gasteiger partial charge in [-0.1, -0.05) is 48.0 Å². The SMILES string of the molecule is Cc1ccc(N(c2ccc3c(c2)-c2ccccc2C3O)C2CCN(CC(N)=O)CC2)c(CO)c1. The number of rotatable bonds is 6. The lowest BCUT2D eigenvalue weighted by Crippen LogP contribution is -2.45. The second-order valence-corrected chi connectivity index (χ2v) is 9.40. The van der Waals surface area contributed by atoms with Crippen LogP contribution in [0.3, 0.4) is 0 Å². The highest BCUT2D eigenvalue weighted by Gasteiger charge is 2.31. The summed E-state index contributed by atoms with van der Waals surface area (Å²) >= 11 is 0. The first-order valence-electron chi connectivity index (χ1n) is 11.9. The number of piperidine rings is 1. The van der Waals surface area contributed by atoms with Crippen LogP contribution in [0.15, 0.2) is 60.7 Å². The van der Waals surface area contributed by atoms with Crippen LogP contribution in [0.1, 0.15) is 41.2 Å². The number of anilines is 2. The number of nitrogens with two attached hydrogens (primary N) is 1. The molecule has 3 aromatic carbocycles. The largest absolute Gasteiger partial charge is 0.392 e. The predicted molar refractivity (Wildman–Crippen MR) is 134 cm³/mol. The molecule has 1 saturated heterocycles. The zero-order chi connectivity index (χ0) is 23.8. The summed E-state index contributed by atoms with van der Waals surface area (Å²) < 4.78 is 0. The summed E-state index contributed by atoms with van der Waals surface area (Å²) in [6, 6.07) is 20.7. The van der Waals surface area contributed by atoms with Gasteiger partial charge in [0.25, 0.3) is 0 Å². The van der Waals surface area contributed by atoms with Gasteiger partial charge in [0.05, 0.1) is 13.2 Å². The number of primary amides is 1. The second kappa shape index (κ2) is 9.22. The number of carbonyl (C=O) groups is 1. The molecule has 1 amide bonds. The fourth-order valence-corrected chi connectivity index (χ4v) is 5.49. The van der Waals surface area contributed by atoms with E-state index in [0.717, 1.165) is 70.7 Å². The molecule has 2 aliphatic rings. The molecule has 3 aromatic rings. The Labute approximate surface area is 200 Å². The van der Waals surface area contributed by atoms with Crippen LogP contribution in [0, 0.1) is 6.92 Å². The van der Waals surface area contributed by atoms with Gasteiger partial charge in [-0.05, 0) is 60.2 Å². The minimum atomic E-state index is -0.613. The summed E-state index contributed by atoms with van der Waals surface area (Å²) in [6.45, 7) is 3.85. The van der Waals surface area contributed by atoms with E-state index in [1.54, 1.807) is 0 Å². The number of fused-ring (bicyclic) bond motifs is 3. The maximum Gasteiger partial charge on any atom is 0.231 e. The molecule has 1 atom stereocenters. The van der Waals surface area contributed by atoms with Crippen molar-refractivity contribution in [3.05, 3.63) is 82.9 Å². The van der Waals surface area contributed by atoms with E-state index in [4.69, 9.17) is 5.73 Å². The van der Waals surface area contributed by atoms with Crippen molar-refractivity contribution in [1.29, 1.82) is 0 Å². The molecule has 1 heterocycles. The van der Waals surface area contributed by atoms with Gasteiger partial charge in [0, 0.05) is 36.1 Å². The molecule has 6 heteroatoms. The molecule has 1 unspecified atom stereocenters. The van der Waals surface area contributed by atoms with Gasteiger partial charge in [-0.15, -0.1) is 0 Å². The number of hydrogen-bond acceptors (Lipinski definition) is 5. The van der Waals surface area contributed by atoms with Gasteiger partial charge >= 0.3 is 0 Å². The Balaban J connectivity index is 1.56. The van der Waals surface area contributed by atoms with Crippen LogP contribution in [-0.2, 0) is 11.4 Å². The van der Waals surface area contributed by atoms with Crippen molar-refractivity contribution in [1.82, 2.24) is 4.90 Å². The van der Waals surface area contributed by atoms with Crippen LogP contribution in [0.5, 0.6) is 0 Å². The zero-order valence-corrected chi connectivity index (χ0v) is 19.4. The first kappa shape index (κ1) is 22.6. The maximum absolute atomic E-state index is 11.4. The summed E-state index contributed by atoms with van der Waals surface area (Å²) in [4.78, 5) is 15.8. The number of benzene rings is 3. The van der Waals surface area contributed by atoms with Gasteiger partial charge in [-0.2, -0.15) is 0 Å². The summed E-state index contributed by atoms with van der Waals surface area (Å²) in [5.41, 5.74) is 13.4. The van der Waals surface area contributed by atoms with E-state index in [-0.39, 0.29) is 25.1 Å². The van der Waals surface area contributed by atoms with Crippen LogP contribution in [0.25, 0.3) is 11.1 Å². The highest BCUT2D eigenvalue weighted by atomic mass is 16.3. The molecule has 0 bridgehead atoms. The van der Waals surface area contributed by atoms with Crippen molar-refractivity contribution in [2.75, 3.05) is 24.5 Å². The Hall–Kier alpha value is -3.19. The Bertz CT molecular complexity index is 1220. The third-order valence-corrected chi connectivity index (χ3v) is 7.12. The molecule has 0 radical (unpaired) electrons. The lowest BCUT2D eigenvalue weighted by molar-refractivity contribution is -0.119. The van der Waals surface area contributed by atoms with Crippen LogP contribution in [0.2, 0.25) is 0 Å². The Morgan fingerprint density at radius 2 is 1.76 bits per heavy atom. The van der Waals surface area contributed by atoms with Gasteiger partial charge in [0.2, 0.25) is 5.91 Å². The third kappa shape index (κ3) is 4.09. The van der Waals surface area contributed by atoms with Crippen molar-refractivity contribution in [2.45, 2.75) is 38.5 Å². The minimum absolute atomic E-state index is 0.0411. The van der Waals surface area contributed by atoms with E-state index in [1.165, 1.54) is 0 Å². The Morgan fingerprint density at radius 3 is 2.50 bits per heavy atom. The summed E-state index contributed by atoms with van der Waals surface area (Å²) in [6.07, 6.45) is 1.14. The number of aliphatic hydroxyl groups excluding tert-OH is 2. The van der Waals surface area contributed by atoms with E-state index in [0.29, 0.717) is 0 Å². The molecule has 5 rings (SSSR count). The number of amides is 1. The average Bonchev–Trinajstić information content (AvgIpc) is 3.12. The smallest absolute Gasteiger partial charge is 0.231 e. The van der Waals surface area contributed by atoms with Crippen molar-refractivity contribution in [2.24, 2.45) is 5.73 Å². The first-order valence-corrected chi connectivity index (χ1v) is 11.9. The molecule has 34 heavy (non-hydrogen) atoms. The van der Waals surface area contributed by atoms with Crippen LogP contribution >= 0.6 is 0 Å². The zero-order valence-electron chi connectivity index (χ0n) is 19.4. The molecule has 4 N–H and O–H groups in total. The van der Waals surface area contributed by atoms with Gasteiger partial charge in [0.15, 0.2) is 0 Å². The topological polar surface area (TPSA) is 90.0 Å². The van der Waals surface area contributed by atoms with Crippen molar-refractivity contribution in [3.63, 3.8) is 0 Å². The monoisotopic (exact) mass is 457 g/mol. The van der Waals surface area contributed by atoms with Gasteiger partial charge < -0.3 is 20.8 Å². The summed E-state index contributed by atoms with van der Waals surface area (Å²) in [5, 5.41) is 21.0. The fourth-order valence-electron chi connectivity index (χ4n) is 5.49. The Kier molecular flexibility index (Phi) is 6.13. The minimum Gasteiger partial charge on any atom is -0.392 e. The molecule has 6 nitrogen and oxygen atoms in total. The highest BCUT2D eigenvalue weighted by Crippen LogP contribution is 2.46. The average molecular weight is 458 g/mol. The van der Waals surface area contributed by atoms with Crippen molar-refractivity contribution < 1.29 is 15.0 Å². The predicted octanol–water partition coefficient (Wildman–Crippen LogP) is 3.64. The number of likely N-dealkylation sites (tertiary alicyclic amines) is 1. The highest BCUT2D eigenvalue weighted by molar-refractivity contribution is 5.82. The fraction of sp³-hybridized carbons (Fsp3) is 0.321. The number of nitrogens with zero attached hydrogens (tertiary/aromatic N) is 2. The standard InChI is InChI=1S/C28H31N3O3/c1-18-6-9-26(19(14-18)17-32)31(20-10-12-30(13-11-20)16-27(29)33)21-7-8-24-25(15-21)22-4-2-3-5-23(22)28(24)34/h2-9,14-15,20,28,32,34H,10-13,16-17H2,1H3,(H2,29,33). The van der Waals surface area contributed by atoms with Crippen molar-refractivity contribution in [3.8, 4) is 11.1 Å². The molecule has 0 spiro atoms. The first-order chi connectivity index (χ1) is 16.5. The molecular formula is C28H31N3O3. The maximum atomic E-state index is 11.4. The quantitative estimate of drug-likeness (QED) is 0.526. The van der Waals surface area contributed by atoms with Crippen LogP contribution in [-0.4, -0.2) is 46.7 Å². The number of aliphatic hydroxyl groups is 2. The van der Waals surface area contributed by atoms with E-state index in [1.807, 2.05) is 37.3 Å². The van der Waals surface area contributed by atoms with Gasteiger partial charge in [0.1, 0.15) is 6.10 Å². The number of carbonyl (C=O) groups excluding carboxylic acids is 1. The Morgan fingerprint density at radius 1 is 1.03 bits per heavy atom. The molecule has 0 aromatic heterocycles.